The second-order valence-electron chi connectivity index (χ2n) is 4.03. The van der Waals surface area contributed by atoms with Crippen molar-refractivity contribution >= 4 is 29.1 Å². The molecule has 0 aliphatic carbocycles. The van der Waals surface area contributed by atoms with Crippen molar-refractivity contribution in [1.29, 1.82) is 0 Å². The summed E-state index contributed by atoms with van der Waals surface area (Å²) in [5, 5.41) is 0.923. The lowest BCUT2D eigenvalue weighted by Gasteiger charge is -2.34. The summed E-state index contributed by atoms with van der Waals surface area (Å²) in [5.74, 6) is 0. The fourth-order valence-corrected chi connectivity index (χ4v) is 2.53. The molecule has 0 fully saturated rings. The van der Waals surface area contributed by atoms with Gasteiger partial charge in [0.1, 0.15) is 0 Å². The normalized spacial score (nSPS) is 13.4. The molecular formula is C14H18N2S. The smallest absolute Gasteiger partial charge is 0.176 e. The monoisotopic (exact) mass is 246 g/mol. The Kier molecular flexibility index (Phi) is 3.79. The number of rotatable bonds is 2. The van der Waals surface area contributed by atoms with E-state index in [4.69, 9.17) is 12.2 Å². The summed E-state index contributed by atoms with van der Waals surface area (Å²) in [7, 11) is 0. The van der Waals surface area contributed by atoms with Crippen molar-refractivity contribution in [3.8, 4) is 0 Å². The molecule has 17 heavy (non-hydrogen) atoms. The van der Waals surface area contributed by atoms with Gasteiger partial charge in [0.05, 0.1) is 5.69 Å². The predicted molar refractivity (Wildman–Crippen MR) is 78.3 cm³/mol. The van der Waals surface area contributed by atoms with E-state index in [0.717, 1.165) is 24.7 Å². The average Bonchev–Trinajstić information content (AvgIpc) is 2.39. The van der Waals surface area contributed by atoms with Crippen molar-refractivity contribution in [2.45, 2.75) is 13.8 Å². The van der Waals surface area contributed by atoms with Crippen LogP contribution >= 0.6 is 12.2 Å². The van der Waals surface area contributed by atoms with E-state index in [0.29, 0.717) is 0 Å². The number of para-hydroxylation sites is 1. The molecule has 1 aliphatic rings. The molecule has 2 rings (SSSR count). The quantitative estimate of drug-likeness (QED) is 0.740. The average molecular weight is 246 g/mol. The summed E-state index contributed by atoms with van der Waals surface area (Å²) in [4.78, 5) is 4.42. The summed E-state index contributed by atoms with van der Waals surface area (Å²) in [5.41, 5.74) is 2.46. The van der Waals surface area contributed by atoms with Crippen molar-refractivity contribution < 1.29 is 0 Å². The van der Waals surface area contributed by atoms with Gasteiger partial charge in [0.2, 0.25) is 0 Å². The molecule has 90 valence electrons. The topological polar surface area (TPSA) is 6.48 Å². The molecule has 3 heteroatoms. The van der Waals surface area contributed by atoms with E-state index in [1.54, 1.807) is 0 Å². The minimum Gasteiger partial charge on any atom is -0.349 e. The third-order valence-electron chi connectivity index (χ3n) is 3.08. The Hall–Kier alpha value is -1.35. The third kappa shape index (κ3) is 2.34. The number of anilines is 1. The molecular weight excluding hydrogens is 228 g/mol. The van der Waals surface area contributed by atoms with Gasteiger partial charge in [-0.3, -0.25) is 0 Å². The van der Waals surface area contributed by atoms with Gasteiger partial charge in [0.25, 0.3) is 0 Å². The van der Waals surface area contributed by atoms with Crippen LogP contribution in [0.5, 0.6) is 0 Å². The summed E-state index contributed by atoms with van der Waals surface area (Å²) >= 11 is 5.59. The molecule has 0 aromatic heterocycles. The van der Waals surface area contributed by atoms with E-state index in [9.17, 15) is 0 Å². The van der Waals surface area contributed by atoms with Crippen molar-refractivity contribution in [3.63, 3.8) is 0 Å². The Morgan fingerprint density at radius 3 is 2.71 bits per heavy atom. The number of hydrogen-bond donors (Lipinski definition) is 0. The Labute approximate surface area is 109 Å². The first-order chi connectivity index (χ1) is 8.27. The van der Waals surface area contributed by atoms with Gasteiger partial charge in [0, 0.05) is 19.6 Å². The third-order valence-corrected chi connectivity index (χ3v) is 3.56. The number of fused-ring (bicyclic) bond motifs is 1. The zero-order valence-electron chi connectivity index (χ0n) is 10.4. The molecule has 2 nitrogen and oxygen atoms in total. The van der Waals surface area contributed by atoms with Crippen LogP contribution in [0.25, 0.3) is 6.08 Å². The van der Waals surface area contributed by atoms with Crippen LogP contribution in [-0.2, 0) is 0 Å². The summed E-state index contributed by atoms with van der Waals surface area (Å²) < 4.78 is 0. The standard InChI is InChI=1S/C14H18N2S/c1-3-15(4-2)14(17)16-11-7-9-12-8-5-6-10-13(12)16/h5-10H,3-4,11H2,1-2H3. The van der Waals surface area contributed by atoms with E-state index in [1.807, 2.05) is 0 Å². The first kappa shape index (κ1) is 12.1. The van der Waals surface area contributed by atoms with E-state index >= 15 is 0 Å². The van der Waals surface area contributed by atoms with Crippen LogP contribution in [0.1, 0.15) is 19.4 Å². The van der Waals surface area contributed by atoms with Crippen LogP contribution in [0.15, 0.2) is 30.3 Å². The molecule has 0 spiro atoms. The highest BCUT2D eigenvalue weighted by molar-refractivity contribution is 7.80. The molecule has 1 aromatic carbocycles. The molecule has 0 amide bonds. The molecule has 0 atom stereocenters. The van der Waals surface area contributed by atoms with E-state index in [-0.39, 0.29) is 0 Å². The van der Waals surface area contributed by atoms with Gasteiger partial charge in [0.15, 0.2) is 5.11 Å². The lowest BCUT2D eigenvalue weighted by atomic mass is 10.1. The molecule has 1 heterocycles. The van der Waals surface area contributed by atoms with Gasteiger partial charge in [-0.15, -0.1) is 0 Å². The highest BCUT2D eigenvalue weighted by Crippen LogP contribution is 2.26. The van der Waals surface area contributed by atoms with Crippen molar-refractivity contribution in [3.05, 3.63) is 35.9 Å². The molecule has 1 aliphatic heterocycles. The predicted octanol–water partition coefficient (Wildman–Crippen LogP) is 3.15. The largest absolute Gasteiger partial charge is 0.349 e. The zero-order valence-corrected chi connectivity index (χ0v) is 11.2. The van der Waals surface area contributed by atoms with Crippen LogP contribution in [0.3, 0.4) is 0 Å². The minimum atomic E-state index is 0.867. The van der Waals surface area contributed by atoms with Crippen LogP contribution < -0.4 is 4.90 Å². The lowest BCUT2D eigenvalue weighted by molar-refractivity contribution is 0.465. The second-order valence-corrected chi connectivity index (χ2v) is 4.39. The molecule has 0 radical (unpaired) electrons. The maximum Gasteiger partial charge on any atom is 0.176 e. The SMILES string of the molecule is CCN(CC)C(=S)N1CC=Cc2ccccc21. The maximum absolute atomic E-state index is 5.59. The minimum absolute atomic E-state index is 0.867. The Morgan fingerprint density at radius 1 is 1.29 bits per heavy atom. The lowest BCUT2D eigenvalue weighted by Crippen LogP contribution is -2.44. The first-order valence-corrected chi connectivity index (χ1v) is 6.50. The van der Waals surface area contributed by atoms with Gasteiger partial charge in [-0.2, -0.15) is 0 Å². The van der Waals surface area contributed by atoms with Crippen molar-refractivity contribution in [1.82, 2.24) is 4.90 Å². The number of thiocarbonyl (C=S) groups is 1. The number of benzene rings is 1. The highest BCUT2D eigenvalue weighted by Gasteiger charge is 2.19. The van der Waals surface area contributed by atoms with Crippen LogP contribution in [-0.4, -0.2) is 29.6 Å². The van der Waals surface area contributed by atoms with Crippen LogP contribution in [0.4, 0.5) is 5.69 Å². The molecule has 0 saturated carbocycles. The summed E-state index contributed by atoms with van der Waals surface area (Å²) in [6, 6.07) is 8.39. The fourth-order valence-electron chi connectivity index (χ4n) is 2.10. The van der Waals surface area contributed by atoms with Crippen LogP contribution in [0, 0.1) is 0 Å². The Balaban J connectivity index is 2.29. The van der Waals surface area contributed by atoms with Crippen molar-refractivity contribution in [2.24, 2.45) is 0 Å². The Morgan fingerprint density at radius 2 is 2.00 bits per heavy atom. The summed E-state index contributed by atoms with van der Waals surface area (Å²) in [6.45, 7) is 7.06. The van der Waals surface area contributed by atoms with Gasteiger partial charge >= 0.3 is 0 Å². The maximum atomic E-state index is 5.59. The summed E-state index contributed by atoms with van der Waals surface area (Å²) in [6.07, 6.45) is 4.33. The van der Waals surface area contributed by atoms with Gasteiger partial charge in [-0.05, 0) is 37.7 Å². The van der Waals surface area contributed by atoms with E-state index < -0.39 is 0 Å². The molecule has 0 unspecified atom stereocenters. The van der Waals surface area contributed by atoms with Gasteiger partial charge in [-0.25, -0.2) is 0 Å². The Bertz CT molecular complexity index is 436. The van der Waals surface area contributed by atoms with Crippen molar-refractivity contribution in [2.75, 3.05) is 24.5 Å². The highest BCUT2D eigenvalue weighted by atomic mass is 32.1. The van der Waals surface area contributed by atoms with Gasteiger partial charge < -0.3 is 9.80 Å². The zero-order chi connectivity index (χ0) is 12.3. The fraction of sp³-hybridized carbons (Fsp3) is 0.357. The number of nitrogens with zero attached hydrogens (tertiary/aromatic N) is 2. The number of hydrogen-bond acceptors (Lipinski definition) is 1. The van der Waals surface area contributed by atoms with E-state index in [1.165, 1.54) is 11.3 Å². The first-order valence-electron chi connectivity index (χ1n) is 6.10. The van der Waals surface area contributed by atoms with Gasteiger partial charge in [-0.1, -0.05) is 30.4 Å². The molecule has 0 N–H and O–H groups in total. The second kappa shape index (κ2) is 5.32. The van der Waals surface area contributed by atoms with E-state index in [2.05, 4.69) is 60.1 Å². The molecule has 0 saturated heterocycles. The van der Waals surface area contributed by atoms with Crippen LogP contribution in [0.2, 0.25) is 0 Å². The molecule has 0 bridgehead atoms. The molecule has 1 aromatic rings.